The molecule has 1 aliphatic heterocycles. The summed E-state index contributed by atoms with van der Waals surface area (Å²) in [6.07, 6.45) is 5.22. The molecule has 0 aromatic heterocycles. The van der Waals surface area contributed by atoms with Crippen molar-refractivity contribution in [2.24, 2.45) is 16.6 Å². The van der Waals surface area contributed by atoms with E-state index in [-0.39, 0.29) is 5.54 Å². The van der Waals surface area contributed by atoms with E-state index in [4.69, 9.17) is 17.3 Å². The third-order valence-corrected chi connectivity index (χ3v) is 4.61. The molecule has 2 N–H and O–H groups in total. The summed E-state index contributed by atoms with van der Waals surface area (Å²) in [7, 11) is 0. The highest BCUT2D eigenvalue weighted by Gasteiger charge is 2.41. The van der Waals surface area contributed by atoms with Gasteiger partial charge < -0.3 is 10.6 Å². The Labute approximate surface area is 119 Å². The molecule has 2 aliphatic rings. The van der Waals surface area contributed by atoms with E-state index < -0.39 is 0 Å². The first-order valence-electron chi connectivity index (χ1n) is 6.94. The van der Waals surface area contributed by atoms with Crippen LogP contribution in [0.4, 0.5) is 5.69 Å². The third-order valence-electron chi connectivity index (χ3n) is 4.37. The number of aliphatic imine (C=N–C) groups is 1. The monoisotopic (exact) mass is 277 g/mol. The molecule has 0 saturated heterocycles. The van der Waals surface area contributed by atoms with Gasteiger partial charge in [-0.2, -0.15) is 0 Å². The predicted octanol–water partition coefficient (Wildman–Crippen LogP) is 3.42. The molecule has 0 spiro atoms. The average molecular weight is 278 g/mol. The fourth-order valence-electron chi connectivity index (χ4n) is 3.20. The Bertz CT molecular complexity index is 510. The molecular weight excluding hydrogens is 258 g/mol. The van der Waals surface area contributed by atoms with Crippen LogP contribution < -0.4 is 10.6 Å². The molecule has 1 fully saturated rings. The van der Waals surface area contributed by atoms with Crippen LogP contribution in [0.25, 0.3) is 0 Å². The van der Waals surface area contributed by atoms with Gasteiger partial charge in [0.25, 0.3) is 0 Å². The van der Waals surface area contributed by atoms with E-state index in [9.17, 15) is 0 Å². The lowest BCUT2D eigenvalue weighted by atomic mass is 9.76. The molecule has 1 aliphatic carbocycles. The first-order valence-corrected chi connectivity index (χ1v) is 7.32. The maximum atomic E-state index is 6.10. The number of nitrogens with zero attached hydrogens (tertiary/aromatic N) is 2. The van der Waals surface area contributed by atoms with Gasteiger partial charge in [-0.1, -0.05) is 36.9 Å². The quantitative estimate of drug-likeness (QED) is 0.920. The molecule has 19 heavy (non-hydrogen) atoms. The molecule has 1 aromatic carbocycles. The van der Waals surface area contributed by atoms with Crippen LogP contribution in [0.2, 0.25) is 5.02 Å². The third kappa shape index (κ3) is 2.32. The van der Waals surface area contributed by atoms with Gasteiger partial charge in [-0.15, -0.1) is 0 Å². The Hall–Kier alpha value is -1.22. The summed E-state index contributed by atoms with van der Waals surface area (Å²) in [4.78, 5) is 6.63. The molecule has 1 aromatic rings. The van der Waals surface area contributed by atoms with Crippen molar-refractivity contribution in [1.29, 1.82) is 0 Å². The van der Waals surface area contributed by atoms with E-state index in [2.05, 4.69) is 22.9 Å². The fraction of sp³-hybridized carbons (Fsp3) is 0.533. The van der Waals surface area contributed by atoms with Gasteiger partial charge in [0, 0.05) is 10.7 Å². The standard InChI is InChI=1S/C15H20ClN3/c1-15(9-11-4-2-5-11)10-18-14(17)19(15)13-7-3-6-12(16)8-13/h3,6-8,11H,2,4-5,9-10H2,1H3,(H2,17,18). The van der Waals surface area contributed by atoms with Crippen molar-refractivity contribution < 1.29 is 0 Å². The van der Waals surface area contributed by atoms with E-state index in [1.54, 1.807) is 0 Å². The van der Waals surface area contributed by atoms with E-state index in [1.807, 2.05) is 18.2 Å². The van der Waals surface area contributed by atoms with Crippen LogP contribution in [0.5, 0.6) is 0 Å². The van der Waals surface area contributed by atoms with Gasteiger partial charge in [0.15, 0.2) is 5.96 Å². The molecule has 102 valence electrons. The number of guanidine groups is 1. The van der Waals surface area contributed by atoms with Crippen LogP contribution >= 0.6 is 11.6 Å². The van der Waals surface area contributed by atoms with Crippen molar-refractivity contribution in [2.45, 2.75) is 38.1 Å². The SMILES string of the molecule is CC1(CC2CCC2)CN=C(N)N1c1cccc(Cl)c1. The summed E-state index contributed by atoms with van der Waals surface area (Å²) >= 11 is 6.10. The van der Waals surface area contributed by atoms with Gasteiger partial charge in [0.05, 0.1) is 12.1 Å². The highest BCUT2D eigenvalue weighted by Crippen LogP contribution is 2.40. The number of hydrogen-bond donors (Lipinski definition) is 1. The summed E-state index contributed by atoms with van der Waals surface area (Å²) in [6, 6.07) is 7.87. The molecule has 0 radical (unpaired) electrons. The molecular formula is C15H20ClN3. The first-order chi connectivity index (χ1) is 9.08. The summed E-state index contributed by atoms with van der Waals surface area (Å²) < 4.78 is 0. The highest BCUT2D eigenvalue weighted by molar-refractivity contribution is 6.31. The van der Waals surface area contributed by atoms with Crippen molar-refractivity contribution in [3.8, 4) is 0 Å². The van der Waals surface area contributed by atoms with Gasteiger partial charge in [-0.25, -0.2) is 0 Å². The van der Waals surface area contributed by atoms with Crippen LogP contribution in [0.1, 0.15) is 32.6 Å². The van der Waals surface area contributed by atoms with Crippen LogP contribution in [0, 0.1) is 5.92 Å². The zero-order chi connectivity index (χ0) is 13.5. The maximum Gasteiger partial charge on any atom is 0.196 e. The van der Waals surface area contributed by atoms with E-state index in [1.165, 1.54) is 19.3 Å². The maximum absolute atomic E-state index is 6.10. The number of halogens is 1. The summed E-state index contributed by atoms with van der Waals surface area (Å²) in [5.41, 5.74) is 7.15. The van der Waals surface area contributed by atoms with Crippen molar-refractivity contribution in [1.82, 2.24) is 0 Å². The van der Waals surface area contributed by atoms with E-state index in [0.717, 1.165) is 29.6 Å². The lowest BCUT2D eigenvalue weighted by Gasteiger charge is -2.41. The normalized spacial score (nSPS) is 27.3. The van der Waals surface area contributed by atoms with Gasteiger partial charge >= 0.3 is 0 Å². The molecule has 3 nitrogen and oxygen atoms in total. The smallest absolute Gasteiger partial charge is 0.196 e. The Morgan fingerprint density at radius 3 is 2.89 bits per heavy atom. The zero-order valence-electron chi connectivity index (χ0n) is 11.3. The van der Waals surface area contributed by atoms with Crippen molar-refractivity contribution in [3.05, 3.63) is 29.3 Å². The molecule has 3 rings (SSSR count). The molecule has 1 atom stereocenters. The number of nitrogens with two attached hydrogens (primary N) is 1. The number of anilines is 1. The second-order valence-corrected chi connectivity index (χ2v) is 6.42. The van der Waals surface area contributed by atoms with Gasteiger partial charge in [-0.3, -0.25) is 4.99 Å². The average Bonchev–Trinajstić information content (AvgIpc) is 2.61. The van der Waals surface area contributed by atoms with E-state index >= 15 is 0 Å². The largest absolute Gasteiger partial charge is 0.369 e. The Balaban J connectivity index is 1.88. The molecule has 1 saturated carbocycles. The lowest BCUT2D eigenvalue weighted by Crippen LogP contribution is -2.51. The number of hydrogen-bond acceptors (Lipinski definition) is 3. The fourth-order valence-corrected chi connectivity index (χ4v) is 3.39. The second-order valence-electron chi connectivity index (χ2n) is 5.99. The molecule has 0 amide bonds. The lowest BCUT2D eigenvalue weighted by molar-refractivity contribution is 0.243. The van der Waals surface area contributed by atoms with Gasteiger partial charge in [0.2, 0.25) is 0 Å². The first kappa shape index (κ1) is 12.8. The molecule has 4 heteroatoms. The Morgan fingerprint density at radius 2 is 2.26 bits per heavy atom. The predicted molar refractivity (Wildman–Crippen MR) is 80.8 cm³/mol. The number of benzene rings is 1. The zero-order valence-corrected chi connectivity index (χ0v) is 12.0. The molecule has 1 unspecified atom stereocenters. The summed E-state index contributed by atoms with van der Waals surface area (Å²) in [5, 5.41) is 0.739. The topological polar surface area (TPSA) is 41.6 Å². The minimum absolute atomic E-state index is 0.000147. The minimum Gasteiger partial charge on any atom is -0.369 e. The van der Waals surface area contributed by atoms with Crippen LogP contribution in [0.3, 0.4) is 0 Å². The van der Waals surface area contributed by atoms with Crippen molar-refractivity contribution in [2.75, 3.05) is 11.4 Å². The minimum atomic E-state index is -0.000147. The van der Waals surface area contributed by atoms with E-state index in [0.29, 0.717) is 5.96 Å². The van der Waals surface area contributed by atoms with Crippen molar-refractivity contribution >= 4 is 23.2 Å². The number of rotatable bonds is 3. The summed E-state index contributed by atoms with van der Waals surface area (Å²) in [6.45, 7) is 3.04. The molecule has 0 bridgehead atoms. The Morgan fingerprint density at radius 1 is 1.47 bits per heavy atom. The highest BCUT2D eigenvalue weighted by atomic mass is 35.5. The molecule has 1 heterocycles. The van der Waals surface area contributed by atoms with Crippen LogP contribution in [-0.4, -0.2) is 18.0 Å². The second kappa shape index (κ2) is 4.71. The van der Waals surface area contributed by atoms with Gasteiger partial charge in [-0.05, 0) is 37.5 Å². The van der Waals surface area contributed by atoms with Crippen molar-refractivity contribution in [3.63, 3.8) is 0 Å². The van der Waals surface area contributed by atoms with Crippen LogP contribution in [0.15, 0.2) is 29.3 Å². The van der Waals surface area contributed by atoms with Crippen LogP contribution in [-0.2, 0) is 0 Å². The van der Waals surface area contributed by atoms with Gasteiger partial charge in [0.1, 0.15) is 0 Å². The summed E-state index contributed by atoms with van der Waals surface area (Å²) in [5.74, 6) is 1.44. The Kier molecular flexibility index (Phi) is 3.17.